The van der Waals surface area contributed by atoms with Crippen molar-refractivity contribution in [3.8, 4) is 11.5 Å². The molecule has 2 rings (SSSR count). The van der Waals surface area contributed by atoms with Crippen molar-refractivity contribution in [3.63, 3.8) is 0 Å². The van der Waals surface area contributed by atoms with Crippen LogP contribution in [0.1, 0.15) is 11.1 Å². The number of rotatable bonds is 8. The van der Waals surface area contributed by atoms with Crippen LogP contribution in [0.15, 0.2) is 47.6 Å². The van der Waals surface area contributed by atoms with Crippen LogP contribution in [-0.4, -0.2) is 31.5 Å². The molecule has 0 saturated carbocycles. The Labute approximate surface area is 171 Å². The molecule has 0 unspecified atom stereocenters. The predicted octanol–water partition coefficient (Wildman–Crippen LogP) is 5.64. The number of hydrogen-bond acceptors (Lipinski definition) is 4. The molecule has 2 aromatic rings. The van der Waals surface area contributed by atoms with Gasteiger partial charge in [-0.2, -0.15) is 35.8 Å². The Morgan fingerprint density at radius 2 is 1.63 bits per heavy atom. The van der Waals surface area contributed by atoms with E-state index in [2.05, 4.69) is 5.10 Å². The van der Waals surface area contributed by atoms with Crippen molar-refractivity contribution in [2.24, 2.45) is 5.10 Å². The Hall–Kier alpha value is -2.69. The van der Waals surface area contributed by atoms with Crippen molar-refractivity contribution in [3.05, 3.63) is 58.6 Å². The summed E-state index contributed by atoms with van der Waals surface area (Å²) in [4.78, 5) is 0. The zero-order chi connectivity index (χ0) is 22.6. The number of hydrazone groups is 1. The van der Waals surface area contributed by atoms with Gasteiger partial charge in [-0.05, 0) is 29.8 Å². The zero-order valence-corrected chi connectivity index (χ0v) is 15.9. The van der Waals surface area contributed by atoms with E-state index in [1.54, 1.807) is 24.3 Å². The van der Waals surface area contributed by atoms with Crippen molar-refractivity contribution in [1.29, 1.82) is 0 Å². The van der Waals surface area contributed by atoms with E-state index in [1.165, 1.54) is 25.3 Å². The molecule has 0 atom stereocenters. The quantitative estimate of drug-likeness (QED) is 0.241. The summed E-state index contributed by atoms with van der Waals surface area (Å²) in [5.41, 5.74) is 1.23. The van der Waals surface area contributed by atoms with Gasteiger partial charge < -0.3 is 9.47 Å². The monoisotopic (exact) mass is 458 g/mol. The first-order valence-corrected chi connectivity index (χ1v) is 8.43. The van der Waals surface area contributed by atoms with Crippen molar-refractivity contribution in [2.75, 3.05) is 7.11 Å². The molecule has 0 aliphatic carbocycles. The van der Waals surface area contributed by atoms with Crippen LogP contribution in [0.25, 0.3) is 0 Å². The maximum atomic E-state index is 13.3. The summed E-state index contributed by atoms with van der Waals surface area (Å²) in [5.74, 6) is -6.17. The lowest BCUT2D eigenvalue weighted by molar-refractivity contribution is -0.361. The summed E-state index contributed by atoms with van der Waals surface area (Å²) >= 11 is 5.79. The van der Waals surface area contributed by atoms with Gasteiger partial charge in [-0.1, -0.05) is 29.8 Å². The first-order valence-electron chi connectivity index (χ1n) is 8.06. The minimum Gasteiger partial charge on any atom is -0.493 e. The van der Waals surface area contributed by atoms with Gasteiger partial charge in [-0.15, -0.1) is 0 Å². The summed E-state index contributed by atoms with van der Waals surface area (Å²) in [5, 5.41) is 3.33. The maximum Gasteiger partial charge on any atom is 0.462 e. The fraction of sp³-hybridized carbons (Fsp3) is 0.278. The molecule has 1 N–H and O–H groups in total. The highest BCUT2D eigenvalue weighted by Crippen LogP contribution is 2.45. The van der Waals surface area contributed by atoms with E-state index >= 15 is 0 Å². The Morgan fingerprint density at radius 3 is 2.20 bits per heavy atom. The second-order valence-electron chi connectivity index (χ2n) is 5.81. The normalized spacial score (nSPS) is 12.8. The van der Waals surface area contributed by atoms with Crippen LogP contribution >= 0.6 is 11.6 Å². The lowest BCUT2D eigenvalue weighted by Gasteiger charge is -2.27. The van der Waals surface area contributed by atoms with Gasteiger partial charge in [0.15, 0.2) is 11.5 Å². The van der Waals surface area contributed by atoms with Gasteiger partial charge in [0.1, 0.15) is 6.61 Å². The van der Waals surface area contributed by atoms with E-state index in [0.29, 0.717) is 22.2 Å². The predicted molar refractivity (Wildman–Crippen MR) is 95.5 cm³/mol. The van der Waals surface area contributed by atoms with Crippen LogP contribution in [0, 0.1) is 0 Å². The number of alkyl halides is 7. The number of para-hydroxylation sites is 1. The smallest absolute Gasteiger partial charge is 0.462 e. The van der Waals surface area contributed by atoms with Crippen molar-refractivity contribution >= 4 is 17.8 Å². The van der Waals surface area contributed by atoms with E-state index in [9.17, 15) is 30.7 Å². The number of ether oxygens (including phenoxy) is 2. The van der Waals surface area contributed by atoms with E-state index in [-0.39, 0.29) is 23.7 Å². The molecule has 0 radical (unpaired) electrons. The van der Waals surface area contributed by atoms with Crippen LogP contribution in [0.4, 0.5) is 30.7 Å². The highest BCUT2D eigenvalue weighted by molar-refractivity contribution is 6.30. The zero-order valence-electron chi connectivity index (χ0n) is 15.1. The molecule has 2 aromatic carbocycles. The van der Waals surface area contributed by atoms with E-state index in [1.807, 2.05) is 0 Å². The molecule has 12 heteroatoms. The molecule has 0 aliphatic heterocycles. The van der Waals surface area contributed by atoms with Gasteiger partial charge in [0.25, 0.3) is 0 Å². The average molecular weight is 459 g/mol. The second-order valence-corrected chi connectivity index (χ2v) is 6.25. The number of nitrogens with one attached hydrogen (secondary N) is 1. The molecule has 30 heavy (non-hydrogen) atoms. The van der Waals surface area contributed by atoms with Crippen LogP contribution in [0.2, 0.25) is 5.02 Å². The molecule has 164 valence electrons. The van der Waals surface area contributed by atoms with Crippen LogP contribution < -0.4 is 14.9 Å². The summed E-state index contributed by atoms with van der Waals surface area (Å²) in [6, 6.07) is 5.05. The minimum absolute atomic E-state index is 0.00584. The topological polar surface area (TPSA) is 42.8 Å². The van der Waals surface area contributed by atoms with E-state index in [0.717, 1.165) is 0 Å². The Bertz CT molecular complexity index is 887. The lowest BCUT2D eigenvalue weighted by Crippen LogP contribution is -2.58. The summed E-state index contributed by atoms with van der Waals surface area (Å²) in [6.07, 6.45) is -5.86. The number of hydrogen-bond donors (Lipinski definition) is 1. The first-order chi connectivity index (χ1) is 13.9. The molecule has 0 bridgehead atoms. The van der Waals surface area contributed by atoms with E-state index < -0.39 is 18.1 Å². The largest absolute Gasteiger partial charge is 0.493 e. The molecular weight excluding hydrogens is 445 g/mol. The molecule has 0 fully saturated rings. The molecule has 0 saturated heterocycles. The molecule has 0 spiro atoms. The molecule has 0 aromatic heterocycles. The van der Waals surface area contributed by atoms with Crippen LogP contribution in [0.5, 0.6) is 11.5 Å². The van der Waals surface area contributed by atoms with Gasteiger partial charge in [0.05, 0.1) is 13.3 Å². The van der Waals surface area contributed by atoms with Gasteiger partial charge >= 0.3 is 18.1 Å². The molecule has 0 heterocycles. The highest BCUT2D eigenvalue weighted by atomic mass is 35.5. The van der Waals surface area contributed by atoms with Gasteiger partial charge in [0, 0.05) is 10.6 Å². The fourth-order valence-electron chi connectivity index (χ4n) is 2.12. The molecule has 0 amide bonds. The van der Waals surface area contributed by atoms with Crippen molar-refractivity contribution in [2.45, 2.75) is 24.8 Å². The minimum atomic E-state index is -6.47. The van der Waals surface area contributed by atoms with Crippen LogP contribution in [-0.2, 0) is 6.61 Å². The third-order valence-corrected chi connectivity index (χ3v) is 3.94. The average Bonchev–Trinajstić information content (AvgIpc) is 2.66. The van der Waals surface area contributed by atoms with Gasteiger partial charge in [-0.25, -0.2) is 5.43 Å². The Kier molecular flexibility index (Phi) is 7.06. The first kappa shape index (κ1) is 23.6. The summed E-state index contributed by atoms with van der Waals surface area (Å²) in [6.45, 7) is -0.00584. The lowest BCUT2D eigenvalue weighted by atomic mass is 10.2. The standard InChI is InChI=1S/C18H14ClF7N2O2/c1-29-14-4-2-3-12(15(14)30-10-11-5-7-13(19)8-6-11)9-27-28-18(25,26)16(20,21)17(22,23)24/h2-9,28H,10H2,1H3/b27-9-. The Balaban J connectivity index is 2.22. The summed E-state index contributed by atoms with van der Waals surface area (Å²) in [7, 11) is 1.29. The number of halogens is 8. The third-order valence-electron chi connectivity index (χ3n) is 3.68. The second kappa shape index (κ2) is 8.99. The third kappa shape index (κ3) is 5.26. The van der Waals surface area contributed by atoms with E-state index in [4.69, 9.17) is 21.1 Å². The summed E-state index contributed by atoms with van der Waals surface area (Å²) < 4.78 is 99.5. The molecule has 4 nitrogen and oxygen atoms in total. The van der Waals surface area contributed by atoms with Crippen molar-refractivity contribution in [1.82, 2.24) is 5.43 Å². The number of methoxy groups -OCH3 is 1. The Morgan fingerprint density at radius 1 is 1.00 bits per heavy atom. The number of nitrogens with zero attached hydrogens (tertiary/aromatic N) is 1. The molecular formula is C18H14ClF7N2O2. The number of benzene rings is 2. The van der Waals surface area contributed by atoms with Crippen molar-refractivity contribution < 1.29 is 40.2 Å². The fourth-order valence-corrected chi connectivity index (χ4v) is 2.24. The SMILES string of the molecule is COc1cccc(/C=N\NC(F)(F)C(F)(F)C(F)(F)F)c1OCc1ccc(Cl)cc1. The highest BCUT2D eigenvalue weighted by Gasteiger charge is 2.73. The maximum absolute atomic E-state index is 13.3. The molecule has 0 aliphatic rings. The van der Waals surface area contributed by atoms with Gasteiger partial charge in [-0.3, -0.25) is 0 Å². The van der Waals surface area contributed by atoms with Crippen LogP contribution in [0.3, 0.4) is 0 Å². The van der Waals surface area contributed by atoms with Gasteiger partial charge in [0.2, 0.25) is 0 Å².